The highest BCUT2D eigenvalue weighted by atomic mass is 35.5. The molecule has 0 aliphatic carbocycles. The summed E-state index contributed by atoms with van der Waals surface area (Å²) < 4.78 is 34.6. The van der Waals surface area contributed by atoms with Crippen molar-refractivity contribution in [1.29, 1.82) is 0 Å². The third kappa shape index (κ3) is 13.1. The maximum Gasteiger partial charge on any atom is 0.312 e. The van der Waals surface area contributed by atoms with Crippen LogP contribution in [-0.2, 0) is 13.2 Å². The fraction of sp³-hybridized carbons (Fsp3) is 0.588. The van der Waals surface area contributed by atoms with E-state index in [1.807, 2.05) is 0 Å². The van der Waals surface area contributed by atoms with Crippen molar-refractivity contribution in [3.05, 3.63) is 86.7 Å². The topological polar surface area (TPSA) is 175 Å². The molecule has 0 unspecified atom stereocenters. The molecule has 0 bridgehead atoms. The predicted octanol–water partition coefficient (Wildman–Crippen LogP) is 14.6. The van der Waals surface area contributed by atoms with Crippen LogP contribution >= 0.6 is 23.2 Å². The van der Waals surface area contributed by atoms with Gasteiger partial charge in [0.1, 0.15) is 25.2 Å². The molecule has 0 aliphatic heterocycles. The molecule has 0 amide bonds. The van der Waals surface area contributed by atoms with E-state index >= 15 is 0 Å². The maximum absolute atomic E-state index is 11.2. The minimum Gasteiger partial charge on any atom is -0.483 e. The molecule has 69 heavy (non-hydrogen) atoms. The standard InChI is InChI=1S/C19H27ClN2O4Si.C19H29ClN2O2Si.C13H25NO2Si/c1-12(2)27(13(3)4,14(5)6)19-21-10-16(26-19)11-25-18-8-7-15(20)9-17(18)22(23)24;1-12(2)25(13(3)4,14(5)6)19-22-10-16(24-19)11-23-18-8-7-15(20)9-17(18)21;1-9(2)17(10(3)4,11(5)6)13-14-8-12(15-7)16-13/h7-10,12-14H,11H2,1-6H3;7-10,12-14H,11,21H2,1-6H3;8-11H,1-7H3. The van der Waals surface area contributed by atoms with Gasteiger partial charge in [-0.3, -0.25) is 10.1 Å². The number of aromatic nitrogens is 3. The molecule has 0 radical (unpaired) electrons. The molecule has 5 rings (SSSR count). The lowest BCUT2D eigenvalue weighted by Gasteiger charge is -2.39. The Bertz CT molecular complexity index is 2310. The molecule has 0 saturated carbocycles. The van der Waals surface area contributed by atoms with Gasteiger partial charge in [0.05, 0.1) is 30.1 Å². The normalized spacial score (nSPS) is 12.4. The molecule has 5 aromatic rings. The molecule has 0 fully saturated rings. The number of anilines is 1. The Morgan fingerprint density at radius 2 is 0.884 bits per heavy atom. The largest absolute Gasteiger partial charge is 0.483 e. The van der Waals surface area contributed by atoms with Crippen LogP contribution in [0.3, 0.4) is 0 Å². The predicted molar refractivity (Wildman–Crippen MR) is 291 cm³/mol. The molecule has 0 spiro atoms. The average molecular weight is 1050 g/mol. The van der Waals surface area contributed by atoms with Gasteiger partial charge in [-0.1, -0.05) is 148 Å². The molecule has 3 aromatic heterocycles. The minimum atomic E-state index is -1.99. The fourth-order valence-electron chi connectivity index (χ4n) is 11.6. The summed E-state index contributed by atoms with van der Waals surface area (Å²) in [5, 5.41) is 12.1. The van der Waals surface area contributed by atoms with Crippen LogP contribution < -0.4 is 36.5 Å². The lowest BCUT2D eigenvalue weighted by Crippen LogP contribution is -2.56. The Balaban J connectivity index is 0.000000281. The van der Waals surface area contributed by atoms with Gasteiger partial charge in [0, 0.05) is 16.1 Å². The minimum absolute atomic E-state index is 0.0776. The number of ether oxygens (including phenoxy) is 3. The molecule has 0 aliphatic rings. The number of nitrogen functional groups attached to an aromatic ring is 1. The van der Waals surface area contributed by atoms with Gasteiger partial charge < -0.3 is 33.2 Å². The smallest absolute Gasteiger partial charge is 0.312 e. The van der Waals surface area contributed by atoms with Crippen molar-refractivity contribution < 1.29 is 32.4 Å². The van der Waals surface area contributed by atoms with Crippen LogP contribution in [0.4, 0.5) is 11.4 Å². The molecular formula is C51H81Cl2N5O8Si3. The van der Waals surface area contributed by atoms with E-state index in [0.29, 0.717) is 84.6 Å². The number of methoxy groups -OCH3 is 1. The number of halogens is 2. The van der Waals surface area contributed by atoms with E-state index < -0.39 is 29.1 Å². The number of oxazole rings is 3. The van der Waals surface area contributed by atoms with E-state index in [-0.39, 0.29) is 23.1 Å². The monoisotopic (exact) mass is 1050 g/mol. The van der Waals surface area contributed by atoms with Crippen molar-refractivity contribution in [2.75, 3.05) is 12.8 Å². The fourth-order valence-corrected chi connectivity index (χ4v) is 30.2. The Morgan fingerprint density at radius 1 is 0.551 bits per heavy atom. The Labute approximate surface area is 425 Å². The van der Waals surface area contributed by atoms with Gasteiger partial charge in [-0.25, -0.2) is 15.0 Å². The van der Waals surface area contributed by atoms with E-state index in [1.165, 1.54) is 12.1 Å². The van der Waals surface area contributed by atoms with E-state index in [9.17, 15) is 10.1 Å². The van der Waals surface area contributed by atoms with Gasteiger partial charge in [-0.2, -0.15) is 0 Å². The van der Waals surface area contributed by atoms with Crippen LogP contribution in [0.1, 0.15) is 136 Å². The van der Waals surface area contributed by atoms with Crippen LogP contribution in [0.2, 0.25) is 59.9 Å². The average Bonchev–Trinajstić information content (AvgIpc) is 4.03. The molecule has 0 atom stereocenters. The summed E-state index contributed by atoms with van der Waals surface area (Å²) in [6, 6.07) is 9.53. The lowest BCUT2D eigenvalue weighted by atomic mass is 10.3. The molecule has 13 nitrogen and oxygen atoms in total. The van der Waals surface area contributed by atoms with Crippen LogP contribution in [0, 0.1) is 10.1 Å². The maximum atomic E-state index is 11.2. The summed E-state index contributed by atoms with van der Waals surface area (Å²) in [4.78, 5) is 24.4. The molecule has 384 valence electrons. The number of nitro groups is 1. The Morgan fingerprint density at radius 3 is 1.22 bits per heavy atom. The first kappa shape index (κ1) is 59.2. The molecule has 2 aromatic carbocycles. The number of benzene rings is 2. The molecule has 0 saturated heterocycles. The Kier molecular flexibility index (Phi) is 21.7. The first-order chi connectivity index (χ1) is 32.2. The van der Waals surface area contributed by atoms with Gasteiger partial charge in [0.2, 0.25) is 0 Å². The number of nitrogens with two attached hydrogens (primary N) is 1. The highest BCUT2D eigenvalue weighted by Gasteiger charge is 2.51. The first-order valence-corrected chi connectivity index (χ1v) is 31.8. The summed E-state index contributed by atoms with van der Waals surface area (Å²) >= 11 is 11.8. The second-order valence-electron chi connectivity index (χ2n) is 20.8. The van der Waals surface area contributed by atoms with Crippen molar-refractivity contribution >= 4 is 75.3 Å². The number of nitrogens with zero attached hydrogens (tertiary/aromatic N) is 4. The van der Waals surface area contributed by atoms with Gasteiger partial charge in [-0.15, -0.1) is 0 Å². The zero-order valence-electron chi connectivity index (χ0n) is 44.7. The summed E-state index contributed by atoms with van der Waals surface area (Å²) in [6.07, 6.45) is 5.16. The van der Waals surface area contributed by atoms with Crippen LogP contribution in [0.25, 0.3) is 0 Å². The first-order valence-electron chi connectivity index (χ1n) is 24.3. The van der Waals surface area contributed by atoms with E-state index in [2.05, 4.69) is 140 Å². The molecule has 18 heteroatoms. The van der Waals surface area contributed by atoms with E-state index in [0.717, 1.165) is 22.3 Å². The van der Waals surface area contributed by atoms with Gasteiger partial charge in [-0.05, 0) is 80.2 Å². The van der Waals surface area contributed by atoms with Gasteiger partial charge >= 0.3 is 11.6 Å². The Hall–Kier alpha value is -4.10. The zero-order chi connectivity index (χ0) is 52.3. The van der Waals surface area contributed by atoms with Gasteiger partial charge in [0.15, 0.2) is 58.0 Å². The summed E-state index contributed by atoms with van der Waals surface area (Å²) in [7, 11) is -4.01. The third-order valence-electron chi connectivity index (χ3n) is 14.3. The highest BCUT2D eigenvalue weighted by molar-refractivity contribution is 6.94. The van der Waals surface area contributed by atoms with Crippen molar-refractivity contribution in [1.82, 2.24) is 15.0 Å². The summed E-state index contributed by atoms with van der Waals surface area (Å²) in [6.45, 7) is 41.3. The van der Waals surface area contributed by atoms with E-state index in [1.54, 1.807) is 50.0 Å². The molecule has 2 N–H and O–H groups in total. The SMILES string of the molecule is CC(C)[Si](c1ncc(COc2ccc(Cl)cc2N)o1)(C(C)C)C(C)C.CC(C)[Si](c1ncc(COc2ccc(Cl)cc2[N+](=O)[O-])o1)(C(C)C)C(C)C.COc1cnc([Si](C(C)C)(C(C)C)C(C)C)o1. The number of nitro benzene ring substituents is 1. The van der Waals surface area contributed by atoms with E-state index in [4.69, 9.17) is 56.4 Å². The molecular weight excluding hydrogens is 966 g/mol. The van der Waals surface area contributed by atoms with Crippen LogP contribution in [0.5, 0.6) is 17.4 Å². The number of hydrogen-bond donors (Lipinski definition) is 1. The second-order valence-corrected chi connectivity index (χ2v) is 38.9. The van der Waals surface area contributed by atoms with Crippen molar-refractivity contribution in [2.45, 2.75) is 188 Å². The number of rotatable bonds is 20. The van der Waals surface area contributed by atoms with Crippen molar-refractivity contribution in [3.8, 4) is 17.4 Å². The van der Waals surface area contributed by atoms with Crippen LogP contribution in [-0.4, -0.2) is 51.2 Å². The highest BCUT2D eigenvalue weighted by Crippen LogP contribution is 2.43. The number of hydrogen-bond acceptors (Lipinski definition) is 12. The third-order valence-corrected chi connectivity index (χ3v) is 34.9. The van der Waals surface area contributed by atoms with Crippen molar-refractivity contribution in [3.63, 3.8) is 0 Å². The van der Waals surface area contributed by atoms with Crippen molar-refractivity contribution in [2.24, 2.45) is 0 Å². The molecule has 3 heterocycles. The van der Waals surface area contributed by atoms with Gasteiger partial charge in [0.25, 0.3) is 0 Å². The zero-order valence-corrected chi connectivity index (χ0v) is 49.2. The van der Waals surface area contributed by atoms with Crippen LogP contribution in [0.15, 0.2) is 68.2 Å². The lowest BCUT2D eigenvalue weighted by molar-refractivity contribution is -0.385. The summed E-state index contributed by atoms with van der Waals surface area (Å²) in [5.41, 5.74) is 13.8. The summed E-state index contributed by atoms with van der Waals surface area (Å²) in [5.74, 6) is 2.57. The quantitative estimate of drug-likeness (QED) is 0.0338. The second kappa shape index (κ2) is 25.3.